The summed E-state index contributed by atoms with van der Waals surface area (Å²) in [4.78, 5) is 31.9. The Morgan fingerprint density at radius 3 is 2.81 bits per heavy atom. The minimum atomic E-state index is -0.337. The highest BCUT2D eigenvalue weighted by Crippen LogP contribution is 2.29. The molecule has 0 bridgehead atoms. The minimum absolute atomic E-state index is 0.104. The quantitative estimate of drug-likeness (QED) is 0.250. The molecule has 0 fully saturated rings. The summed E-state index contributed by atoms with van der Waals surface area (Å²) in [5.41, 5.74) is 7.45. The van der Waals surface area contributed by atoms with Crippen LogP contribution >= 0.6 is 11.8 Å². The van der Waals surface area contributed by atoms with E-state index in [1.54, 1.807) is 4.90 Å². The van der Waals surface area contributed by atoms with E-state index in [-0.39, 0.29) is 17.3 Å². The van der Waals surface area contributed by atoms with Crippen LogP contribution in [0.2, 0.25) is 0 Å². The van der Waals surface area contributed by atoms with E-state index in [0.29, 0.717) is 42.6 Å². The number of thioether (sulfide) groups is 1. The van der Waals surface area contributed by atoms with Crippen LogP contribution in [0.4, 0.5) is 16.2 Å². The maximum absolute atomic E-state index is 12.5. The number of hydrogen-bond acceptors (Lipinski definition) is 10. The summed E-state index contributed by atoms with van der Waals surface area (Å²) in [6.45, 7) is 5.44. The van der Waals surface area contributed by atoms with Crippen molar-refractivity contribution in [3.05, 3.63) is 53.6 Å². The first-order chi connectivity index (χ1) is 17.5. The molecule has 12 heteroatoms. The molecule has 2 N–H and O–H groups in total. The molecular weight excluding hydrogens is 482 g/mol. The second-order valence-electron chi connectivity index (χ2n) is 8.06. The summed E-state index contributed by atoms with van der Waals surface area (Å²) in [6.07, 6.45) is 1.41. The predicted octanol–water partition coefficient (Wildman–Crippen LogP) is 3.66. The molecule has 1 amide bonds. The Bertz CT molecular complexity index is 1210. The van der Waals surface area contributed by atoms with Crippen LogP contribution in [0.5, 0.6) is 0 Å². The maximum Gasteiger partial charge on any atom is 0.328 e. The molecule has 3 aromatic rings. The van der Waals surface area contributed by atoms with Crippen LogP contribution in [0.3, 0.4) is 0 Å². The van der Waals surface area contributed by atoms with Crippen molar-refractivity contribution in [3.8, 4) is 5.69 Å². The third-order valence-corrected chi connectivity index (χ3v) is 6.79. The molecule has 36 heavy (non-hydrogen) atoms. The molecule has 0 saturated heterocycles. The first-order valence-corrected chi connectivity index (χ1v) is 12.5. The summed E-state index contributed by atoms with van der Waals surface area (Å²) in [6, 6.07) is 13.0. The Labute approximate surface area is 213 Å². The molecule has 2 aromatic carbocycles. The number of fused-ring (bicyclic) bond motifs is 1. The lowest BCUT2D eigenvalue weighted by atomic mass is 9.94. The number of tetrazole rings is 1. The molecular formula is C24H29N7O4S. The molecule has 0 radical (unpaired) electrons. The van der Waals surface area contributed by atoms with Gasteiger partial charge < -0.3 is 15.0 Å². The number of nitrogens with zero attached hydrogens (tertiary/aromatic N) is 5. The van der Waals surface area contributed by atoms with Crippen LogP contribution < -0.4 is 10.8 Å². The number of hydrogen-bond donors (Lipinski definition) is 2. The normalized spacial score (nSPS) is 14.5. The number of benzene rings is 2. The SMILES string of the molecule is CCN(CC)C(=O)Sc1nnnn1-c1cccc(NOCc2cccc3c2CCC(C(=O)OC)N3)c1. The van der Waals surface area contributed by atoms with Crippen LogP contribution in [0.1, 0.15) is 31.4 Å². The zero-order valence-corrected chi connectivity index (χ0v) is 21.2. The van der Waals surface area contributed by atoms with Gasteiger partial charge in [0.1, 0.15) is 6.04 Å². The predicted molar refractivity (Wildman–Crippen MR) is 136 cm³/mol. The zero-order chi connectivity index (χ0) is 25.5. The third-order valence-electron chi connectivity index (χ3n) is 5.92. The van der Waals surface area contributed by atoms with Gasteiger partial charge in [-0.05, 0) is 72.5 Å². The number of anilines is 2. The van der Waals surface area contributed by atoms with Crippen molar-refractivity contribution in [2.75, 3.05) is 31.0 Å². The van der Waals surface area contributed by atoms with E-state index in [2.05, 4.69) is 26.3 Å². The van der Waals surface area contributed by atoms with Gasteiger partial charge in [0.05, 0.1) is 25.1 Å². The van der Waals surface area contributed by atoms with Crippen molar-refractivity contribution >= 4 is 34.3 Å². The highest BCUT2D eigenvalue weighted by atomic mass is 32.2. The molecule has 0 spiro atoms. The molecule has 1 aliphatic rings. The molecule has 1 unspecified atom stereocenters. The fourth-order valence-electron chi connectivity index (χ4n) is 4.00. The van der Waals surface area contributed by atoms with E-state index >= 15 is 0 Å². The van der Waals surface area contributed by atoms with Crippen LogP contribution in [0.25, 0.3) is 5.69 Å². The van der Waals surface area contributed by atoms with Crippen molar-refractivity contribution in [3.63, 3.8) is 0 Å². The van der Waals surface area contributed by atoms with E-state index in [1.807, 2.05) is 56.3 Å². The fraction of sp³-hybridized carbons (Fsp3) is 0.375. The number of amides is 1. The summed E-state index contributed by atoms with van der Waals surface area (Å²) in [5.74, 6) is -0.259. The molecule has 0 saturated carbocycles. The molecule has 1 aromatic heterocycles. The molecule has 4 rings (SSSR count). The molecule has 11 nitrogen and oxygen atoms in total. The molecule has 1 aliphatic heterocycles. The number of ether oxygens (including phenoxy) is 1. The Hall–Kier alpha value is -3.64. The van der Waals surface area contributed by atoms with Crippen molar-refractivity contribution in [1.29, 1.82) is 0 Å². The van der Waals surface area contributed by atoms with Gasteiger partial charge in [-0.1, -0.05) is 18.2 Å². The van der Waals surface area contributed by atoms with Crippen LogP contribution in [0, 0.1) is 0 Å². The van der Waals surface area contributed by atoms with Gasteiger partial charge in [-0.2, -0.15) is 4.68 Å². The van der Waals surface area contributed by atoms with Gasteiger partial charge in [0, 0.05) is 30.5 Å². The minimum Gasteiger partial charge on any atom is -0.467 e. The second-order valence-corrected chi connectivity index (χ2v) is 8.98. The van der Waals surface area contributed by atoms with E-state index in [0.717, 1.165) is 35.0 Å². The van der Waals surface area contributed by atoms with E-state index < -0.39 is 0 Å². The maximum atomic E-state index is 12.5. The summed E-state index contributed by atoms with van der Waals surface area (Å²) >= 11 is 0.994. The summed E-state index contributed by atoms with van der Waals surface area (Å²) < 4.78 is 6.38. The Balaban J connectivity index is 1.40. The summed E-state index contributed by atoms with van der Waals surface area (Å²) in [5, 5.41) is 15.3. The lowest BCUT2D eigenvalue weighted by Crippen LogP contribution is -2.34. The van der Waals surface area contributed by atoms with Gasteiger partial charge in [0.15, 0.2) is 0 Å². The molecule has 190 valence electrons. The monoisotopic (exact) mass is 511 g/mol. The lowest BCUT2D eigenvalue weighted by Gasteiger charge is -2.26. The van der Waals surface area contributed by atoms with Crippen molar-refractivity contribution in [1.82, 2.24) is 25.1 Å². The smallest absolute Gasteiger partial charge is 0.328 e. The zero-order valence-electron chi connectivity index (χ0n) is 20.4. The van der Waals surface area contributed by atoms with E-state index in [1.165, 1.54) is 11.8 Å². The van der Waals surface area contributed by atoms with Crippen LogP contribution in [-0.4, -0.2) is 62.6 Å². The second kappa shape index (κ2) is 11.9. The van der Waals surface area contributed by atoms with Gasteiger partial charge in [0.2, 0.25) is 5.16 Å². The Morgan fingerprint density at radius 1 is 1.22 bits per heavy atom. The number of carbonyl (C=O) groups is 2. The largest absolute Gasteiger partial charge is 0.467 e. The lowest BCUT2D eigenvalue weighted by molar-refractivity contribution is -0.141. The Morgan fingerprint density at radius 2 is 2.03 bits per heavy atom. The van der Waals surface area contributed by atoms with Gasteiger partial charge in [-0.25, -0.2) is 4.79 Å². The molecule has 2 heterocycles. The number of carbonyl (C=O) groups excluding carboxylic acids is 2. The Kier molecular flexibility index (Phi) is 8.39. The third kappa shape index (κ3) is 5.77. The molecule has 1 atom stereocenters. The summed E-state index contributed by atoms with van der Waals surface area (Å²) in [7, 11) is 1.40. The highest BCUT2D eigenvalue weighted by molar-refractivity contribution is 8.13. The van der Waals surface area contributed by atoms with E-state index in [4.69, 9.17) is 9.57 Å². The molecule has 0 aliphatic carbocycles. The highest BCUT2D eigenvalue weighted by Gasteiger charge is 2.25. The average molecular weight is 512 g/mol. The number of aromatic nitrogens is 4. The number of nitrogens with one attached hydrogen (secondary N) is 2. The van der Waals surface area contributed by atoms with Crippen molar-refractivity contribution < 1.29 is 19.2 Å². The fourth-order valence-corrected chi connectivity index (χ4v) is 4.84. The van der Waals surface area contributed by atoms with Crippen LogP contribution in [-0.2, 0) is 27.4 Å². The topological polar surface area (TPSA) is 124 Å². The number of rotatable bonds is 9. The van der Waals surface area contributed by atoms with Gasteiger partial charge in [-0.15, -0.1) is 5.10 Å². The van der Waals surface area contributed by atoms with E-state index in [9.17, 15) is 9.59 Å². The first kappa shape index (κ1) is 25.5. The van der Waals surface area contributed by atoms with Gasteiger partial charge in [-0.3, -0.25) is 15.1 Å². The first-order valence-electron chi connectivity index (χ1n) is 11.7. The van der Waals surface area contributed by atoms with Crippen molar-refractivity contribution in [2.45, 2.75) is 44.5 Å². The van der Waals surface area contributed by atoms with Gasteiger partial charge in [0.25, 0.3) is 5.24 Å². The number of esters is 1. The van der Waals surface area contributed by atoms with Crippen molar-refractivity contribution in [2.24, 2.45) is 0 Å². The average Bonchev–Trinajstić information content (AvgIpc) is 3.37. The standard InChI is InChI=1S/C24H29N7O4S/c1-4-30(5-2)24(33)36-23-26-28-29-31(23)18-10-7-9-17(14-18)27-35-15-16-8-6-11-20-19(16)12-13-21(25-20)22(32)34-3/h6-11,14,21,25,27H,4-5,12-13,15H2,1-3H3. The number of methoxy groups -OCH3 is 1. The van der Waals surface area contributed by atoms with Crippen LogP contribution in [0.15, 0.2) is 47.6 Å². The van der Waals surface area contributed by atoms with Gasteiger partial charge >= 0.3 is 5.97 Å².